The quantitative estimate of drug-likeness (QED) is 0.324. The highest BCUT2D eigenvalue weighted by Crippen LogP contribution is 2.46. The van der Waals surface area contributed by atoms with E-state index in [1.807, 2.05) is 48.8 Å². The summed E-state index contributed by atoms with van der Waals surface area (Å²) in [6, 6.07) is 22.6. The Balaban J connectivity index is 1.78. The van der Waals surface area contributed by atoms with Crippen molar-refractivity contribution in [1.29, 1.82) is 0 Å². The van der Waals surface area contributed by atoms with Gasteiger partial charge in [0.15, 0.2) is 0 Å². The van der Waals surface area contributed by atoms with Crippen LogP contribution in [0.15, 0.2) is 95.2 Å². The van der Waals surface area contributed by atoms with Crippen LogP contribution in [0.4, 0.5) is 0 Å². The lowest BCUT2D eigenvalue weighted by Crippen LogP contribution is -1.87. The molecule has 5 aromatic heterocycles. The maximum Gasteiger partial charge on any atom is 0.134 e. The van der Waals surface area contributed by atoms with Crippen molar-refractivity contribution in [3.8, 4) is 44.4 Å². The monoisotopic (exact) mass is 407 g/mol. The van der Waals surface area contributed by atoms with Crippen LogP contribution in [0.2, 0.25) is 0 Å². The van der Waals surface area contributed by atoms with Crippen LogP contribution in [0.25, 0.3) is 55.3 Å². The number of furan rings is 1. The molecule has 0 saturated heterocycles. The maximum absolute atomic E-state index is 5.80. The molecule has 1 aromatic carbocycles. The summed E-state index contributed by atoms with van der Waals surface area (Å²) < 4.78 is 5.80. The Bertz CT molecular complexity index is 1410. The van der Waals surface area contributed by atoms with Crippen LogP contribution >= 0.6 is 11.3 Å². The van der Waals surface area contributed by atoms with Crippen molar-refractivity contribution in [2.75, 3.05) is 0 Å². The summed E-state index contributed by atoms with van der Waals surface area (Å²) >= 11 is 1.73. The van der Waals surface area contributed by atoms with Crippen molar-refractivity contribution < 1.29 is 4.42 Å². The van der Waals surface area contributed by atoms with E-state index in [1.54, 1.807) is 17.6 Å². The zero-order valence-corrected chi connectivity index (χ0v) is 16.7. The number of aromatic amines is 2. The molecule has 144 valence electrons. The summed E-state index contributed by atoms with van der Waals surface area (Å²) in [6.07, 6.45) is 5.51. The van der Waals surface area contributed by atoms with Crippen LogP contribution < -0.4 is 0 Å². The highest BCUT2D eigenvalue weighted by molar-refractivity contribution is 7.13. The molecule has 0 aliphatic heterocycles. The average molecular weight is 407 g/mol. The van der Waals surface area contributed by atoms with Crippen LogP contribution in [0.3, 0.4) is 0 Å². The van der Waals surface area contributed by atoms with Crippen molar-refractivity contribution in [1.82, 2.24) is 15.0 Å². The van der Waals surface area contributed by atoms with Crippen molar-refractivity contribution >= 4 is 22.2 Å². The largest absolute Gasteiger partial charge is 0.464 e. The summed E-state index contributed by atoms with van der Waals surface area (Å²) in [7, 11) is 0. The van der Waals surface area contributed by atoms with E-state index in [1.165, 1.54) is 10.4 Å². The van der Waals surface area contributed by atoms with Gasteiger partial charge in [0.1, 0.15) is 5.76 Å². The Morgan fingerprint density at radius 1 is 0.867 bits per heavy atom. The molecule has 6 rings (SSSR count). The molecule has 2 N–H and O–H groups in total. The minimum Gasteiger partial charge on any atom is -0.464 e. The predicted molar refractivity (Wildman–Crippen MR) is 122 cm³/mol. The van der Waals surface area contributed by atoms with Crippen LogP contribution in [-0.2, 0) is 0 Å². The molecular formula is C25H17N3OS. The lowest BCUT2D eigenvalue weighted by molar-refractivity contribution is 0.582. The minimum absolute atomic E-state index is 0.860. The summed E-state index contributed by atoms with van der Waals surface area (Å²) in [5, 5.41) is 3.27. The molecule has 6 aromatic rings. The summed E-state index contributed by atoms with van der Waals surface area (Å²) in [4.78, 5) is 12.9. The first kappa shape index (κ1) is 17.1. The van der Waals surface area contributed by atoms with Gasteiger partial charge < -0.3 is 14.4 Å². The second-order valence-corrected chi connectivity index (χ2v) is 7.99. The number of rotatable bonds is 4. The topological polar surface area (TPSA) is 57.6 Å². The Morgan fingerprint density at radius 3 is 2.60 bits per heavy atom. The molecule has 5 heterocycles. The van der Waals surface area contributed by atoms with Gasteiger partial charge in [0.05, 0.1) is 17.7 Å². The Morgan fingerprint density at radius 2 is 1.87 bits per heavy atom. The van der Waals surface area contributed by atoms with E-state index in [0.29, 0.717) is 0 Å². The lowest BCUT2D eigenvalue weighted by Gasteiger charge is -2.10. The molecule has 0 atom stereocenters. The molecule has 0 radical (unpaired) electrons. The van der Waals surface area contributed by atoms with Crippen molar-refractivity contribution in [2.45, 2.75) is 0 Å². The summed E-state index contributed by atoms with van der Waals surface area (Å²) in [5.41, 5.74) is 7.40. The van der Waals surface area contributed by atoms with Crippen LogP contribution in [0.5, 0.6) is 0 Å². The van der Waals surface area contributed by atoms with E-state index in [9.17, 15) is 0 Å². The number of fused-ring (bicyclic) bond motifs is 1. The number of nitrogens with zero attached hydrogens (tertiary/aromatic N) is 1. The van der Waals surface area contributed by atoms with Crippen LogP contribution in [-0.4, -0.2) is 15.0 Å². The van der Waals surface area contributed by atoms with Gasteiger partial charge in [0.2, 0.25) is 0 Å². The number of benzene rings is 1. The predicted octanol–water partition coefficient (Wildman–Crippen LogP) is 7.21. The highest BCUT2D eigenvalue weighted by Gasteiger charge is 2.23. The number of pyridine rings is 1. The molecule has 5 heteroatoms. The van der Waals surface area contributed by atoms with Crippen LogP contribution in [0, 0.1) is 0 Å². The number of hydrogen-bond acceptors (Lipinski definition) is 3. The zero-order valence-electron chi connectivity index (χ0n) is 15.9. The third-order valence-corrected chi connectivity index (χ3v) is 6.19. The van der Waals surface area contributed by atoms with Gasteiger partial charge in [-0.05, 0) is 60.0 Å². The van der Waals surface area contributed by atoms with Gasteiger partial charge in [-0.15, -0.1) is 11.3 Å². The van der Waals surface area contributed by atoms with Crippen molar-refractivity contribution in [3.05, 3.63) is 90.8 Å². The van der Waals surface area contributed by atoms with Gasteiger partial charge in [-0.25, -0.2) is 0 Å². The molecule has 30 heavy (non-hydrogen) atoms. The molecular weight excluding hydrogens is 390 g/mol. The Kier molecular flexibility index (Phi) is 3.92. The van der Waals surface area contributed by atoms with Gasteiger partial charge in [-0.3, -0.25) is 4.98 Å². The number of hydrogen-bond donors (Lipinski definition) is 2. The lowest BCUT2D eigenvalue weighted by atomic mass is 9.95. The molecule has 0 fully saturated rings. The Labute approximate surface area is 176 Å². The second kappa shape index (κ2) is 6.90. The molecule has 4 nitrogen and oxygen atoms in total. The number of thiophene rings is 1. The molecule has 0 aliphatic rings. The first-order valence-corrected chi connectivity index (χ1v) is 10.6. The molecule has 0 aliphatic carbocycles. The third-order valence-electron chi connectivity index (χ3n) is 5.31. The smallest absolute Gasteiger partial charge is 0.134 e. The van der Waals surface area contributed by atoms with Crippen molar-refractivity contribution in [3.63, 3.8) is 0 Å². The molecule has 0 spiro atoms. The van der Waals surface area contributed by atoms with E-state index >= 15 is 0 Å². The van der Waals surface area contributed by atoms with Gasteiger partial charge in [-0.1, -0.05) is 12.1 Å². The molecule has 0 amide bonds. The highest BCUT2D eigenvalue weighted by atomic mass is 32.1. The van der Waals surface area contributed by atoms with E-state index in [4.69, 9.17) is 4.42 Å². The first-order valence-electron chi connectivity index (χ1n) is 9.72. The fraction of sp³-hybridized carbons (Fsp3) is 0. The number of H-pyrrole nitrogens is 2. The SMILES string of the molecule is c1ccc(-c2[nH]c3ccc(-c4ccco4)c(-c4cccs4)c3c2-c2ccc[nH]2)nc1. The normalized spacial score (nSPS) is 11.3. The second-order valence-electron chi connectivity index (χ2n) is 7.04. The minimum atomic E-state index is 0.860. The standard InChI is InChI=1S/C25H17N3OS/c1-2-12-27-19(6-1)25-24(17-7-3-13-26-17)23-18(28-25)11-10-16(20-8-4-14-29-20)22(23)21-9-5-15-30-21/h1-15,26,28H. The van der Waals surface area contributed by atoms with Crippen LogP contribution in [0.1, 0.15) is 0 Å². The van der Waals surface area contributed by atoms with Gasteiger partial charge in [-0.2, -0.15) is 0 Å². The van der Waals surface area contributed by atoms with E-state index in [2.05, 4.69) is 50.7 Å². The van der Waals surface area contributed by atoms with Gasteiger partial charge in [0.25, 0.3) is 0 Å². The molecule has 0 saturated carbocycles. The molecule has 0 bridgehead atoms. The van der Waals surface area contributed by atoms with E-state index in [-0.39, 0.29) is 0 Å². The van der Waals surface area contributed by atoms with E-state index in [0.717, 1.165) is 44.9 Å². The zero-order chi connectivity index (χ0) is 19.9. The van der Waals surface area contributed by atoms with Gasteiger partial charge >= 0.3 is 0 Å². The summed E-state index contributed by atoms with van der Waals surface area (Å²) in [5.74, 6) is 0.860. The maximum atomic E-state index is 5.80. The summed E-state index contributed by atoms with van der Waals surface area (Å²) in [6.45, 7) is 0. The fourth-order valence-electron chi connectivity index (χ4n) is 4.06. The van der Waals surface area contributed by atoms with Gasteiger partial charge in [0, 0.05) is 50.6 Å². The Hall–Kier alpha value is -3.83. The number of aromatic nitrogens is 3. The third kappa shape index (κ3) is 2.64. The van der Waals surface area contributed by atoms with Crippen molar-refractivity contribution in [2.24, 2.45) is 0 Å². The number of nitrogens with one attached hydrogen (secondary N) is 2. The fourth-order valence-corrected chi connectivity index (χ4v) is 4.85. The first-order chi connectivity index (χ1) is 14.9. The average Bonchev–Trinajstić information content (AvgIpc) is 3.59. The van der Waals surface area contributed by atoms with E-state index < -0.39 is 0 Å². The molecule has 0 unspecified atom stereocenters.